The Kier molecular flexibility index (Phi) is 10.8. The van der Waals surface area contributed by atoms with Crippen LogP contribution >= 0.6 is 35.6 Å². The molecule has 152 valence electrons. The maximum atomic E-state index is 11.5. The van der Waals surface area contributed by atoms with E-state index in [-0.39, 0.29) is 29.9 Å². The first-order chi connectivity index (χ1) is 12.6. The molecule has 1 heterocycles. The van der Waals surface area contributed by atoms with Gasteiger partial charge in [0.25, 0.3) is 0 Å². The number of hydrogen-bond donors (Lipinski definition) is 2. The van der Waals surface area contributed by atoms with Gasteiger partial charge >= 0.3 is 0 Å². The number of halogens is 2. The highest BCUT2D eigenvalue weighted by Gasteiger charge is 2.23. The van der Waals surface area contributed by atoms with Crippen LogP contribution in [0.15, 0.2) is 23.2 Å². The summed E-state index contributed by atoms with van der Waals surface area (Å²) in [6.45, 7) is 4.98. The molecular formula is C19H30ClIN4O2. The molecule has 8 heteroatoms. The molecule has 0 spiro atoms. The first kappa shape index (κ1) is 23.8. The van der Waals surface area contributed by atoms with E-state index >= 15 is 0 Å². The lowest BCUT2D eigenvalue weighted by molar-refractivity contribution is -0.121. The van der Waals surface area contributed by atoms with Crippen LogP contribution in [0.25, 0.3) is 0 Å². The maximum Gasteiger partial charge on any atom is 0.220 e. The number of carbonyl (C=O) groups excluding carboxylic acids is 1. The van der Waals surface area contributed by atoms with Gasteiger partial charge in [0.1, 0.15) is 5.75 Å². The molecule has 0 radical (unpaired) electrons. The second-order valence-corrected chi connectivity index (χ2v) is 6.83. The quantitative estimate of drug-likeness (QED) is 0.352. The van der Waals surface area contributed by atoms with Crippen LogP contribution in [0.2, 0.25) is 5.02 Å². The highest BCUT2D eigenvalue weighted by Crippen LogP contribution is 2.24. The molecule has 1 aromatic rings. The minimum absolute atomic E-state index is 0. The zero-order valence-corrected chi connectivity index (χ0v) is 19.3. The van der Waals surface area contributed by atoms with Gasteiger partial charge in [-0.3, -0.25) is 9.79 Å². The van der Waals surface area contributed by atoms with Crippen LogP contribution in [-0.4, -0.2) is 50.6 Å². The van der Waals surface area contributed by atoms with Gasteiger partial charge in [0.05, 0.1) is 6.61 Å². The Morgan fingerprint density at radius 3 is 2.67 bits per heavy atom. The van der Waals surface area contributed by atoms with Gasteiger partial charge in [0.2, 0.25) is 5.91 Å². The van der Waals surface area contributed by atoms with Crippen molar-refractivity contribution in [3.63, 3.8) is 0 Å². The lowest BCUT2D eigenvalue weighted by Crippen LogP contribution is -2.45. The number of carbonyl (C=O) groups is 1. The van der Waals surface area contributed by atoms with E-state index < -0.39 is 0 Å². The van der Waals surface area contributed by atoms with Crippen LogP contribution in [0.4, 0.5) is 0 Å². The van der Waals surface area contributed by atoms with E-state index in [1.165, 1.54) is 0 Å². The van der Waals surface area contributed by atoms with Crippen molar-refractivity contribution < 1.29 is 9.53 Å². The average Bonchev–Trinajstić information content (AvgIpc) is 2.65. The standard InChI is InChI=1S/C19H29ClN4O2.HI/c1-4-26-17-12-16(20)6-5-15(17)13-23-19(22-3)24-9-7-14(8-10-24)11-18(25)21-2;/h5-6,12,14H,4,7-11,13H2,1-3H3,(H,21,25)(H,22,23);1H. The maximum absolute atomic E-state index is 11.5. The largest absolute Gasteiger partial charge is 0.493 e. The van der Waals surface area contributed by atoms with Gasteiger partial charge in [-0.1, -0.05) is 17.7 Å². The third-order valence-electron chi connectivity index (χ3n) is 4.64. The lowest BCUT2D eigenvalue weighted by Gasteiger charge is -2.34. The van der Waals surface area contributed by atoms with E-state index in [4.69, 9.17) is 16.3 Å². The van der Waals surface area contributed by atoms with Crippen LogP contribution in [0.1, 0.15) is 31.7 Å². The van der Waals surface area contributed by atoms with Gasteiger partial charge < -0.3 is 20.3 Å². The lowest BCUT2D eigenvalue weighted by atomic mass is 9.93. The van der Waals surface area contributed by atoms with Crippen LogP contribution in [-0.2, 0) is 11.3 Å². The predicted molar refractivity (Wildman–Crippen MR) is 121 cm³/mol. The SMILES string of the molecule is CCOc1cc(Cl)ccc1CNC(=NC)N1CCC(CC(=O)NC)CC1.I. The van der Waals surface area contributed by atoms with Crippen molar-refractivity contribution in [2.75, 3.05) is 33.8 Å². The highest BCUT2D eigenvalue weighted by atomic mass is 127. The van der Waals surface area contributed by atoms with Gasteiger partial charge in [0.15, 0.2) is 5.96 Å². The fourth-order valence-corrected chi connectivity index (χ4v) is 3.35. The topological polar surface area (TPSA) is 66.0 Å². The fraction of sp³-hybridized carbons (Fsp3) is 0.579. The summed E-state index contributed by atoms with van der Waals surface area (Å²) in [6.07, 6.45) is 2.61. The van der Waals surface area contributed by atoms with E-state index in [0.29, 0.717) is 30.5 Å². The van der Waals surface area contributed by atoms with E-state index in [2.05, 4.69) is 20.5 Å². The van der Waals surface area contributed by atoms with Crippen molar-refractivity contribution in [1.29, 1.82) is 0 Å². The first-order valence-electron chi connectivity index (χ1n) is 9.14. The van der Waals surface area contributed by atoms with E-state index in [9.17, 15) is 4.79 Å². The molecule has 6 nitrogen and oxygen atoms in total. The number of rotatable bonds is 6. The third-order valence-corrected chi connectivity index (χ3v) is 4.88. The van der Waals surface area contributed by atoms with E-state index in [1.54, 1.807) is 14.1 Å². The molecule has 27 heavy (non-hydrogen) atoms. The number of benzene rings is 1. The molecule has 2 N–H and O–H groups in total. The monoisotopic (exact) mass is 508 g/mol. The molecule has 1 amide bonds. The summed E-state index contributed by atoms with van der Waals surface area (Å²) in [7, 11) is 3.49. The Hall–Kier alpha value is -1.22. The molecule has 1 aromatic carbocycles. The number of hydrogen-bond acceptors (Lipinski definition) is 3. The minimum Gasteiger partial charge on any atom is -0.493 e. The Bertz CT molecular complexity index is 634. The van der Waals surface area contributed by atoms with Crippen molar-refractivity contribution in [2.45, 2.75) is 32.7 Å². The van der Waals surface area contributed by atoms with Crippen molar-refractivity contribution in [3.8, 4) is 5.75 Å². The van der Waals surface area contributed by atoms with Gasteiger partial charge in [-0.2, -0.15) is 0 Å². The van der Waals surface area contributed by atoms with Gasteiger partial charge in [-0.25, -0.2) is 0 Å². The summed E-state index contributed by atoms with van der Waals surface area (Å²) in [5, 5.41) is 6.79. The Morgan fingerprint density at radius 1 is 1.37 bits per heavy atom. The number of nitrogens with one attached hydrogen (secondary N) is 2. The highest BCUT2D eigenvalue weighted by molar-refractivity contribution is 14.0. The summed E-state index contributed by atoms with van der Waals surface area (Å²) in [4.78, 5) is 18.2. The number of aliphatic imine (C=N–C) groups is 1. The van der Waals surface area contributed by atoms with Crippen molar-refractivity contribution in [2.24, 2.45) is 10.9 Å². The van der Waals surface area contributed by atoms with Crippen molar-refractivity contribution in [3.05, 3.63) is 28.8 Å². The molecule has 1 fully saturated rings. The number of piperidine rings is 1. The van der Waals surface area contributed by atoms with Crippen LogP contribution < -0.4 is 15.4 Å². The van der Waals surface area contributed by atoms with E-state index in [1.807, 2.05) is 25.1 Å². The van der Waals surface area contributed by atoms with Gasteiger partial charge in [-0.15, -0.1) is 24.0 Å². The van der Waals surface area contributed by atoms with Crippen molar-refractivity contribution in [1.82, 2.24) is 15.5 Å². The predicted octanol–water partition coefficient (Wildman–Crippen LogP) is 3.28. The second kappa shape index (κ2) is 12.3. The molecule has 1 saturated heterocycles. The normalized spacial score (nSPS) is 15.1. The fourth-order valence-electron chi connectivity index (χ4n) is 3.18. The molecule has 0 aromatic heterocycles. The Balaban J connectivity index is 0.00000364. The van der Waals surface area contributed by atoms with E-state index in [0.717, 1.165) is 43.2 Å². The van der Waals surface area contributed by atoms with Crippen LogP contribution in [0.3, 0.4) is 0 Å². The third kappa shape index (κ3) is 7.37. The summed E-state index contributed by atoms with van der Waals surface area (Å²) in [5.41, 5.74) is 1.05. The molecule has 0 saturated carbocycles. The molecular weight excluding hydrogens is 479 g/mol. The van der Waals surface area contributed by atoms with Crippen LogP contribution in [0, 0.1) is 5.92 Å². The zero-order chi connectivity index (χ0) is 18.9. The zero-order valence-electron chi connectivity index (χ0n) is 16.3. The minimum atomic E-state index is 0. The number of guanidine groups is 1. The number of amides is 1. The summed E-state index contributed by atoms with van der Waals surface area (Å²) < 4.78 is 5.68. The molecule has 0 atom stereocenters. The van der Waals surface area contributed by atoms with Crippen molar-refractivity contribution >= 4 is 47.4 Å². The Morgan fingerprint density at radius 2 is 2.07 bits per heavy atom. The second-order valence-electron chi connectivity index (χ2n) is 6.39. The van der Waals surface area contributed by atoms with Gasteiger partial charge in [-0.05, 0) is 37.8 Å². The number of likely N-dealkylation sites (tertiary alicyclic amines) is 1. The molecule has 0 unspecified atom stereocenters. The average molecular weight is 509 g/mol. The summed E-state index contributed by atoms with van der Waals surface area (Å²) >= 11 is 6.06. The molecule has 2 rings (SSSR count). The molecule has 0 bridgehead atoms. The van der Waals surface area contributed by atoms with Gasteiger partial charge in [0, 0.05) is 50.7 Å². The Labute approximate surface area is 184 Å². The smallest absolute Gasteiger partial charge is 0.220 e. The number of nitrogens with zero attached hydrogens (tertiary/aromatic N) is 2. The number of ether oxygens (including phenoxy) is 1. The first-order valence-corrected chi connectivity index (χ1v) is 9.52. The molecule has 0 aliphatic carbocycles. The molecule has 1 aliphatic rings. The molecule has 1 aliphatic heterocycles. The summed E-state index contributed by atoms with van der Waals surface area (Å²) in [6, 6.07) is 5.69. The summed E-state index contributed by atoms with van der Waals surface area (Å²) in [5.74, 6) is 2.25. The van der Waals surface area contributed by atoms with Crippen LogP contribution in [0.5, 0.6) is 5.75 Å².